The van der Waals surface area contributed by atoms with Gasteiger partial charge >= 0.3 is 11.3 Å². The molecule has 1 amide bonds. The number of aromatic nitrogens is 3. The van der Waals surface area contributed by atoms with E-state index in [1.165, 1.54) is 34.3 Å². The van der Waals surface area contributed by atoms with E-state index < -0.39 is 11.1 Å². The Kier molecular flexibility index (Phi) is 5.08. The first kappa shape index (κ1) is 19.8. The van der Waals surface area contributed by atoms with Crippen molar-refractivity contribution in [1.82, 2.24) is 10.1 Å². The second kappa shape index (κ2) is 7.71. The van der Waals surface area contributed by atoms with Crippen LogP contribution < -0.4 is 15.1 Å². The molecule has 1 aliphatic rings. The van der Waals surface area contributed by atoms with Crippen LogP contribution in [0.25, 0.3) is 11.3 Å². The first-order valence-corrected chi connectivity index (χ1v) is 10.2. The first-order chi connectivity index (χ1) is 14.4. The number of anilines is 1. The molecule has 1 aromatic heterocycles. The van der Waals surface area contributed by atoms with Gasteiger partial charge in [0, 0.05) is 18.1 Å². The second-order valence-electron chi connectivity index (χ2n) is 6.58. The van der Waals surface area contributed by atoms with Crippen molar-refractivity contribution in [2.75, 3.05) is 10.7 Å². The van der Waals surface area contributed by atoms with Crippen molar-refractivity contribution in [1.29, 1.82) is 0 Å². The lowest BCUT2D eigenvalue weighted by Gasteiger charge is -2.31. The van der Waals surface area contributed by atoms with E-state index in [1.54, 1.807) is 42.5 Å². The highest BCUT2D eigenvalue weighted by atomic mass is 32.2. The predicted molar refractivity (Wildman–Crippen MR) is 111 cm³/mol. The molecule has 2 aromatic carbocycles. The summed E-state index contributed by atoms with van der Waals surface area (Å²) in [5.74, 6) is 0.348. The third-order valence-electron chi connectivity index (χ3n) is 4.79. The molecule has 0 saturated carbocycles. The monoisotopic (exact) mass is 424 g/mol. The minimum absolute atomic E-state index is 0.154. The van der Waals surface area contributed by atoms with Crippen LogP contribution in [-0.2, 0) is 4.79 Å². The summed E-state index contributed by atoms with van der Waals surface area (Å²) in [6.07, 6.45) is -0.979. The van der Waals surface area contributed by atoms with Crippen LogP contribution in [0.3, 0.4) is 0 Å². The molecule has 1 aliphatic heterocycles. The summed E-state index contributed by atoms with van der Waals surface area (Å²) >= 11 is 1.34. The largest absolute Gasteiger partial charge is 0.325 e. The Hall–Kier alpha value is -3.53. The fourth-order valence-corrected chi connectivity index (χ4v) is 4.25. The average molecular weight is 424 g/mol. The predicted octanol–water partition coefficient (Wildman–Crippen LogP) is 2.66. The summed E-state index contributed by atoms with van der Waals surface area (Å²) in [5.41, 5.74) is 1.01. The number of hydrogen-bond donors (Lipinski definition) is 1. The van der Waals surface area contributed by atoms with Crippen molar-refractivity contribution in [3.05, 3.63) is 74.6 Å². The molecule has 0 radical (unpaired) electrons. The first-order valence-electron chi connectivity index (χ1n) is 9.25. The van der Waals surface area contributed by atoms with Gasteiger partial charge in [-0.15, -0.1) is 0 Å². The fourth-order valence-electron chi connectivity index (χ4n) is 3.67. The molecule has 152 valence electrons. The SMILES string of the molecule is CCSc1n[n+]2c(c(=O)[nH]1)-c1ccccc1N(C(C)=O)C2c1ccccc1[N+](=O)[O-]. The minimum Gasteiger partial charge on any atom is -0.291 e. The normalized spacial score (nSPS) is 14.7. The number of para-hydroxylation sites is 2. The highest BCUT2D eigenvalue weighted by Gasteiger charge is 2.47. The molecule has 10 heteroatoms. The number of hydrogen-bond acceptors (Lipinski definition) is 6. The zero-order valence-electron chi connectivity index (χ0n) is 16.2. The Bertz CT molecular complexity index is 1230. The van der Waals surface area contributed by atoms with Crippen LogP contribution in [0, 0.1) is 10.1 Å². The Morgan fingerprint density at radius 2 is 1.97 bits per heavy atom. The molecule has 1 unspecified atom stereocenters. The highest BCUT2D eigenvalue weighted by molar-refractivity contribution is 7.99. The molecule has 0 spiro atoms. The molecule has 0 saturated heterocycles. The van der Waals surface area contributed by atoms with Crippen molar-refractivity contribution >= 4 is 29.0 Å². The number of H-pyrrole nitrogens is 1. The number of carbonyl (C=O) groups excluding carboxylic acids is 1. The van der Waals surface area contributed by atoms with Gasteiger partial charge in [0.05, 0.1) is 16.2 Å². The van der Waals surface area contributed by atoms with Gasteiger partial charge in [0.2, 0.25) is 11.1 Å². The molecule has 1 atom stereocenters. The highest BCUT2D eigenvalue weighted by Crippen LogP contribution is 2.39. The van der Waals surface area contributed by atoms with Crippen LogP contribution in [0.1, 0.15) is 25.6 Å². The van der Waals surface area contributed by atoms with Gasteiger partial charge in [0.15, 0.2) is 0 Å². The van der Waals surface area contributed by atoms with Gasteiger partial charge in [-0.05, 0) is 28.6 Å². The second-order valence-corrected chi connectivity index (χ2v) is 7.83. The molecule has 30 heavy (non-hydrogen) atoms. The van der Waals surface area contributed by atoms with Crippen molar-refractivity contribution in [2.24, 2.45) is 0 Å². The van der Waals surface area contributed by atoms with E-state index in [-0.39, 0.29) is 28.4 Å². The molecule has 0 aliphatic carbocycles. The number of thioether (sulfide) groups is 1. The van der Waals surface area contributed by atoms with E-state index >= 15 is 0 Å². The van der Waals surface area contributed by atoms with Crippen molar-refractivity contribution in [3.8, 4) is 11.3 Å². The average Bonchev–Trinajstić information content (AvgIpc) is 2.72. The maximum absolute atomic E-state index is 13.0. The lowest BCUT2D eigenvalue weighted by molar-refractivity contribution is -0.763. The molecule has 2 heterocycles. The number of rotatable bonds is 4. The van der Waals surface area contributed by atoms with E-state index in [2.05, 4.69) is 10.1 Å². The number of carbonyl (C=O) groups is 1. The standard InChI is InChI=1S/C20H17N5O4S/c1-3-30-20-21-18(27)17-13-8-4-6-10-15(13)23(12(2)26)19(24(17)22-20)14-9-5-7-11-16(14)25(28)29/h4-11,19H,3H2,1-2H3/p+1. The van der Waals surface area contributed by atoms with E-state index in [0.29, 0.717) is 22.2 Å². The molecule has 0 fully saturated rings. The molecule has 9 nitrogen and oxygen atoms in total. The number of nitrogens with zero attached hydrogens (tertiary/aromatic N) is 4. The number of nitro groups is 1. The number of aromatic amines is 1. The third kappa shape index (κ3) is 3.14. The number of benzene rings is 2. The van der Waals surface area contributed by atoms with Gasteiger partial charge in [-0.2, -0.15) is 0 Å². The minimum atomic E-state index is -0.979. The van der Waals surface area contributed by atoms with Gasteiger partial charge in [-0.25, -0.2) is 4.90 Å². The molecule has 4 rings (SSSR count). The lowest BCUT2D eigenvalue weighted by Crippen LogP contribution is -2.60. The molecule has 0 bridgehead atoms. The van der Waals surface area contributed by atoms with E-state index in [0.717, 1.165) is 0 Å². The van der Waals surface area contributed by atoms with Gasteiger partial charge in [0.25, 0.3) is 11.9 Å². The number of fused-ring (bicyclic) bond motifs is 3. The smallest absolute Gasteiger partial charge is 0.291 e. The van der Waals surface area contributed by atoms with Gasteiger partial charge in [0.1, 0.15) is 5.56 Å². The van der Waals surface area contributed by atoms with Gasteiger partial charge < -0.3 is 0 Å². The topological polar surface area (TPSA) is 113 Å². The van der Waals surface area contributed by atoms with E-state index in [1.807, 2.05) is 6.92 Å². The van der Waals surface area contributed by atoms with Crippen LogP contribution in [-0.4, -0.2) is 26.7 Å². The molecular weight excluding hydrogens is 406 g/mol. The summed E-state index contributed by atoms with van der Waals surface area (Å²) in [5, 5.41) is 16.7. The number of nitrogens with one attached hydrogen (secondary N) is 1. The van der Waals surface area contributed by atoms with Gasteiger partial charge in [-0.3, -0.25) is 24.7 Å². The number of amides is 1. The van der Waals surface area contributed by atoms with Gasteiger partial charge in [-0.1, -0.05) is 43.0 Å². The Morgan fingerprint density at radius 1 is 1.27 bits per heavy atom. The fraction of sp³-hybridized carbons (Fsp3) is 0.200. The summed E-state index contributed by atoms with van der Waals surface area (Å²) < 4.78 is 1.42. The van der Waals surface area contributed by atoms with Crippen molar-refractivity contribution < 1.29 is 14.4 Å². The summed E-state index contributed by atoms with van der Waals surface area (Å²) in [7, 11) is 0. The quantitative estimate of drug-likeness (QED) is 0.298. The Morgan fingerprint density at radius 3 is 2.67 bits per heavy atom. The molecule has 1 N–H and O–H groups in total. The van der Waals surface area contributed by atoms with Crippen LogP contribution in [0.4, 0.5) is 11.4 Å². The van der Waals surface area contributed by atoms with Crippen molar-refractivity contribution in [3.63, 3.8) is 0 Å². The maximum atomic E-state index is 13.0. The van der Waals surface area contributed by atoms with Crippen LogP contribution in [0.5, 0.6) is 0 Å². The van der Waals surface area contributed by atoms with E-state index in [9.17, 15) is 19.7 Å². The Labute approximate surface area is 175 Å². The van der Waals surface area contributed by atoms with Crippen molar-refractivity contribution in [2.45, 2.75) is 25.2 Å². The number of nitro benzene ring substituents is 1. The lowest BCUT2D eigenvalue weighted by atomic mass is 10.0. The van der Waals surface area contributed by atoms with Crippen LogP contribution in [0.2, 0.25) is 0 Å². The van der Waals surface area contributed by atoms with Crippen LogP contribution in [0.15, 0.2) is 58.5 Å². The molecular formula is C20H18N5O4S+. The third-order valence-corrected chi connectivity index (χ3v) is 5.54. The Balaban J connectivity index is 2.11. The zero-order chi connectivity index (χ0) is 21.4. The van der Waals surface area contributed by atoms with Crippen LogP contribution >= 0.6 is 11.8 Å². The summed E-state index contributed by atoms with van der Waals surface area (Å²) in [6, 6.07) is 13.2. The summed E-state index contributed by atoms with van der Waals surface area (Å²) in [4.78, 5) is 41.2. The molecule has 3 aromatic rings. The maximum Gasteiger partial charge on any atom is 0.325 e. The zero-order valence-corrected chi connectivity index (χ0v) is 17.0. The van der Waals surface area contributed by atoms with E-state index in [4.69, 9.17) is 0 Å². The summed E-state index contributed by atoms with van der Waals surface area (Å²) in [6.45, 7) is 3.31.